The Hall–Kier alpha value is -2.58. The standard InChI is InChI=1S/C15H12Cl2N4O4/c16-10-2-3-11(17)12(8-10)25-7-1-6-19-9-18-13-4-5-14(21(23)24)20(13)15(19)22/h2-5,8-9H,1,6-7H2. The highest BCUT2D eigenvalue weighted by molar-refractivity contribution is 6.34. The average molecular weight is 383 g/mol. The molecule has 0 bridgehead atoms. The molecule has 0 saturated heterocycles. The second kappa shape index (κ2) is 7.12. The number of nitrogens with zero attached hydrogens (tertiary/aromatic N) is 4. The molecule has 0 N–H and O–H groups in total. The lowest BCUT2D eigenvalue weighted by molar-refractivity contribution is -0.390. The van der Waals surface area contributed by atoms with Gasteiger partial charge in [0.05, 0.1) is 11.6 Å². The molecule has 0 atom stereocenters. The SMILES string of the molecule is O=c1n(CCCOc2cc(Cl)ccc2Cl)cnc2ccc([N+](=O)[O-])n12. The maximum absolute atomic E-state index is 12.4. The van der Waals surface area contributed by atoms with Crippen LogP contribution in [0.3, 0.4) is 0 Å². The van der Waals surface area contributed by atoms with Crippen molar-refractivity contribution in [1.29, 1.82) is 0 Å². The van der Waals surface area contributed by atoms with Gasteiger partial charge in [-0.15, -0.1) is 4.40 Å². The van der Waals surface area contributed by atoms with Crippen molar-refractivity contribution in [2.45, 2.75) is 13.0 Å². The highest BCUT2D eigenvalue weighted by Crippen LogP contribution is 2.27. The van der Waals surface area contributed by atoms with Crippen LogP contribution in [-0.2, 0) is 6.54 Å². The summed E-state index contributed by atoms with van der Waals surface area (Å²) in [5.41, 5.74) is -0.294. The van der Waals surface area contributed by atoms with Crippen molar-refractivity contribution >= 4 is 34.7 Å². The zero-order chi connectivity index (χ0) is 18.0. The molecule has 8 nitrogen and oxygen atoms in total. The Bertz CT molecular complexity index is 999. The van der Waals surface area contributed by atoms with Gasteiger partial charge in [-0.2, -0.15) is 4.98 Å². The van der Waals surface area contributed by atoms with Crippen LogP contribution in [0.4, 0.5) is 5.82 Å². The van der Waals surface area contributed by atoms with E-state index in [1.807, 2.05) is 0 Å². The van der Waals surface area contributed by atoms with Crippen LogP contribution in [-0.4, -0.2) is 25.5 Å². The minimum Gasteiger partial charge on any atom is -0.492 e. The largest absolute Gasteiger partial charge is 0.492 e. The van der Waals surface area contributed by atoms with E-state index in [4.69, 9.17) is 27.9 Å². The van der Waals surface area contributed by atoms with Crippen LogP contribution in [0.1, 0.15) is 6.42 Å². The number of halogens is 2. The molecule has 0 unspecified atom stereocenters. The summed E-state index contributed by atoms with van der Waals surface area (Å²) in [5, 5.41) is 11.9. The van der Waals surface area contributed by atoms with E-state index < -0.39 is 10.6 Å². The number of aryl methyl sites for hydroxylation is 1. The molecular weight excluding hydrogens is 371 g/mol. The topological polar surface area (TPSA) is 91.7 Å². The van der Waals surface area contributed by atoms with E-state index in [9.17, 15) is 14.9 Å². The van der Waals surface area contributed by atoms with Crippen LogP contribution in [0.15, 0.2) is 41.5 Å². The van der Waals surface area contributed by atoms with Crippen molar-refractivity contribution < 1.29 is 9.66 Å². The quantitative estimate of drug-likeness (QED) is 0.370. The number of ether oxygens (including phenoxy) is 1. The van der Waals surface area contributed by atoms with Crippen molar-refractivity contribution in [3.05, 3.63) is 67.3 Å². The molecule has 3 aromatic rings. The van der Waals surface area contributed by atoms with Crippen LogP contribution in [0.2, 0.25) is 10.0 Å². The number of hydrogen-bond acceptors (Lipinski definition) is 5. The predicted molar refractivity (Wildman–Crippen MR) is 92.7 cm³/mol. The number of fused-ring (bicyclic) bond motifs is 1. The van der Waals surface area contributed by atoms with E-state index in [1.54, 1.807) is 18.2 Å². The van der Waals surface area contributed by atoms with E-state index in [0.29, 0.717) is 22.2 Å². The molecule has 3 rings (SSSR count). The summed E-state index contributed by atoms with van der Waals surface area (Å²) in [5.74, 6) is 0.139. The minimum absolute atomic E-state index is 0.231. The Morgan fingerprint density at radius 2 is 2.04 bits per heavy atom. The molecule has 0 aliphatic heterocycles. The zero-order valence-electron chi connectivity index (χ0n) is 12.8. The molecule has 0 spiro atoms. The molecule has 0 aliphatic carbocycles. The molecule has 0 radical (unpaired) electrons. The van der Waals surface area contributed by atoms with Gasteiger partial charge < -0.3 is 14.9 Å². The lowest BCUT2D eigenvalue weighted by Crippen LogP contribution is -2.28. The van der Waals surface area contributed by atoms with Gasteiger partial charge in [0.15, 0.2) is 0 Å². The molecule has 0 saturated carbocycles. The van der Waals surface area contributed by atoms with Gasteiger partial charge >= 0.3 is 11.5 Å². The number of benzene rings is 1. The van der Waals surface area contributed by atoms with Gasteiger partial charge in [0.1, 0.15) is 12.1 Å². The van der Waals surface area contributed by atoms with E-state index >= 15 is 0 Å². The maximum atomic E-state index is 12.4. The smallest absolute Gasteiger partial charge is 0.423 e. The third-order valence-corrected chi connectivity index (χ3v) is 4.03. The number of nitro groups is 1. The summed E-state index contributed by atoms with van der Waals surface area (Å²) in [4.78, 5) is 26.8. The third-order valence-electron chi connectivity index (χ3n) is 3.49. The van der Waals surface area contributed by atoms with Gasteiger partial charge in [0, 0.05) is 29.8 Å². The molecule has 10 heteroatoms. The van der Waals surface area contributed by atoms with E-state index in [2.05, 4.69) is 4.98 Å². The van der Waals surface area contributed by atoms with Gasteiger partial charge in [-0.3, -0.25) is 4.57 Å². The number of hydrogen-bond donors (Lipinski definition) is 0. The summed E-state index contributed by atoms with van der Waals surface area (Å²) in [6.07, 6.45) is 1.83. The Balaban J connectivity index is 1.70. The van der Waals surface area contributed by atoms with Gasteiger partial charge in [-0.1, -0.05) is 23.2 Å². The Morgan fingerprint density at radius 3 is 2.80 bits per heavy atom. The van der Waals surface area contributed by atoms with Crippen LogP contribution in [0.25, 0.3) is 5.65 Å². The first-order valence-electron chi connectivity index (χ1n) is 7.26. The molecule has 0 fully saturated rings. The first kappa shape index (κ1) is 17.2. The fourth-order valence-electron chi connectivity index (χ4n) is 2.32. The lowest BCUT2D eigenvalue weighted by atomic mass is 10.3. The van der Waals surface area contributed by atoms with Crippen molar-refractivity contribution in [2.75, 3.05) is 6.61 Å². The van der Waals surface area contributed by atoms with Crippen LogP contribution in [0.5, 0.6) is 5.75 Å². The summed E-state index contributed by atoms with van der Waals surface area (Å²) in [7, 11) is 0. The summed E-state index contributed by atoms with van der Waals surface area (Å²) in [6.45, 7) is 0.577. The fraction of sp³-hybridized carbons (Fsp3) is 0.200. The second-order valence-electron chi connectivity index (χ2n) is 5.14. The number of aromatic nitrogens is 3. The van der Waals surface area contributed by atoms with Gasteiger partial charge in [0.25, 0.3) is 0 Å². The summed E-state index contributed by atoms with van der Waals surface area (Å²) < 4.78 is 7.81. The zero-order valence-corrected chi connectivity index (χ0v) is 14.3. The molecule has 1 aromatic carbocycles. The van der Waals surface area contributed by atoms with E-state index in [1.165, 1.54) is 23.0 Å². The van der Waals surface area contributed by atoms with Crippen molar-refractivity contribution in [3.8, 4) is 5.75 Å². The highest BCUT2D eigenvalue weighted by atomic mass is 35.5. The van der Waals surface area contributed by atoms with Crippen molar-refractivity contribution in [2.24, 2.45) is 0 Å². The maximum Gasteiger partial charge on any atom is 0.423 e. The van der Waals surface area contributed by atoms with Crippen LogP contribution >= 0.6 is 23.2 Å². The normalized spacial score (nSPS) is 11.0. The Labute approximate surface area is 151 Å². The molecule has 0 aliphatic rings. The Kier molecular flexibility index (Phi) is 4.91. The van der Waals surface area contributed by atoms with Crippen LogP contribution < -0.4 is 10.4 Å². The van der Waals surface area contributed by atoms with E-state index in [-0.39, 0.29) is 24.6 Å². The first-order chi connectivity index (χ1) is 12.0. The third kappa shape index (κ3) is 3.59. The first-order valence-corrected chi connectivity index (χ1v) is 8.02. The second-order valence-corrected chi connectivity index (χ2v) is 5.98. The lowest BCUT2D eigenvalue weighted by Gasteiger charge is -2.09. The predicted octanol–water partition coefficient (Wildman–Crippen LogP) is 3.18. The van der Waals surface area contributed by atoms with Gasteiger partial charge in [-0.05, 0) is 23.5 Å². The molecule has 0 amide bonds. The average Bonchev–Trinajstić information content (AvgIpc) is 3.01. The molecule has 2 aromatic heterocycles. The van der Waals surface area contributed by atoms with Crippen molar-refractivity contribution in [1.82, 2.24) is 14.0 Å². The molecular formula is C15H12Cl2N4O4. The minimum atomic E-state index is -0.620. The van der Waals surface area contributed by atoms with E-state index in [0.717, 1.165) is 4.40 Å². The number of rotatable bonds is 6. The molecule has 25 heavy (non-hydrogen) atoms. The Morgan fingerprint density at radius 1 is 1.24 bits per heavy atom. The van der Waals surface area contributed by atoms with Crippen molar-refractivity contribution in [3.63, 3.8) is 0 Å². The highest BCUT2D eigenvalue weighted by Gasteiger charge is 2.18. The molecule has 130 valence electrons. The van der Waals surface area contributed by atoms with Gasteiger partial charge in [0.2, 0.25) is 5.65 Å². The monoisotopic (exact) mass is 382 g/mol. The molecule has 2 heterocycles. The summed E-state index contributed by atoms with van der Waals surface area (Å²) >= 11 is 11.9. The van der Waals surface area contributed by atoms with Crippen LogP contribution in [0, 0.1) is 10.1 Å². The fourth-order valence-corrected chi connectivity index (χ4v) is 2.65. The summed E-state index contributed by atoms with van der Waals surface area (Å²) in [6, 6.07) is 7.56. The van der Waals surface area contributed by atoms with Gasteiger partial charge in [-0.25, -0.2) is 4.79 Å².